The van der Waals surface area contributed by atoms with Gasteiger partial charge in [0.05, 0.1) is 12.6 Å². The molecule has 3 rings (SSSR count). The Bertz CT molecular complexity index is 576. The van der Waals surface area contributed by atoms with Crippen molar-refractivity contribution in [2.45, 2.75) is 18.4 Å². The highest BCUT2D eigenvalue weighted by Crippen LogP contribution is 2.35. The Hall–Kier alpha value is -1.20. The maximum Gasteiger partial charge on any atom is 0.135 e. The van der Waals surface area contributed by atoms with Gasteiger partial charge >= 0.3 is 0 Å². The number of ether oxygens (including phenoxy) is 1. The van der Waals surface area contributed by atoms with Gasteiger partial charge in [0.1, 0.15) is 12.3 Å². The van der Waals surface area contributed by atoms with Gasteiger partial charge in [-0.25, -0.2) is 0 Å². The summed E-state index contributed by atoms with van der Waals surface area (Å²) in [6, 6.07) is 17.9. The molecule has 4 heteroatoms. The van der Waals surface area contributed by atoms with Gasteiger partial charge in [-0.05, 0) is 23.3 Å². The van der Waals surface area contributed by atoms with Crippen molar-refractivity contribution in [3.8, 4) is 0 Å². The van der Waals surface area contributed by atoms with Crippen molar-refractivity contribution < 1.29 is 9.84 Å². The maximum atomic E-state index is 9.57. The van der Waals surface area contributed by atoms with E-state index in [9.17, 15) is 5.11 Å². The van der Waals surface area contributed by atoms with Crippen molar-refractivity contribution in [2.24, 2.45) is 0 Å². The van der Waals surface area contributed by atoms with Crippen LogP contribution in [0.25, 0.3) is 0 Å². The van der Waals surface area contributed by atoms with Crippen molar-refractivity contribution in [3.05, 3.63) is 70.2 Å². The molecule has 20 heavy (non-hydrogen) atoms. The van der Waals surface area contributed by atoms with E-state index >= 15 is 0 Å². The second-order valence-electron chi connectivity index (χ2n) is 4.86. The summed E-state index contributed by atoms with van der Waals surface area (Å²) >= 11 is 3.47. The van der Waals surface area contributed by atoms with E-state index in [1.54, 1.807) is 0 Å². The van der Waals surface area contributed by atoms with Gasteiger partial charge < -0.3 is 9.84 Å². The van der Waals surface area contributed by atoms with Gasteiger partial charge in [-0.15, -0.1) is 0 Å². The highest BCUT2D eigenvalue weighted by molar-refractivity contribution is 9.10. The molecular formula is C16H16BrNO2. The standard InChI is InChI=1S/C16H16BrNO2/c17-13-8-4-7-12(9-13)16-18-14(10-19)15(20-16)11-5-2-1-3-6-11/h1-9,14-16,18-19H,10H2/t14-,15?,16+/m0/s1. The topological polar surface area (TPSA) is 41.5 Å². The average Bonchev–Trinajstić information content (AvgIpc) is 2.92. The lowest BCUT2D eigenvalue weighted by molar-refractivity contribution is 0.0317. The molecule has 3 atom stereocenters. The number of halogens is 1. The molecule has 1 saturated heterocycles. The summed E-state index contributed by atoms with van der Waals surface area (Å²) in [5.74, 6) is 0. The van der Waals surface area contributed by atoms with E-state index in [1.807, 2.05) is 54.6 Å². The predicted molar refractivity (Wildman–Crippen MR) is 81.2 cm³/mol. The smallest absolute Gasteiger partial charge is 0.135 e. The molecule has 0 amide bonds. The average molecular weight is 334 g/mol. The van der Waals surface area contributed by atoms with Gasteiger partial charge in [0.15, 0.2) is 0 Å². The summed E-state index contributed by atoms with van der Waals surface area (Å²) < 4.78 is 7.12. The molecule has 1 aliphatic heterocycles. The van der Waals surface area contributed by atoms with Crippen LogP contribution in [0.2, 0.25) is 0 Å². The zero-order valence-electron chi connectivity index (χ0n) is 10.9. The summed E-state index contributed by atoms with van der Waals surface area (Å²) in [6.07, 6.45) is -0.333. The van der Waals surface area contributed by atoms with Crippen molar-refractivity contribution >= 4 is 15.9 Å². The number of aliphatic hydroxyl groups is 1. The molecule has 1 aliphatic rings. The van der Waals surface area contributed by atoms with E-state index in [0.29, 0.717) is 0 Å². The molecule has 1 unspecified atom stereocenters. The normalized spacial score (nSPS) is 25.8. The van der Waals surface area contributed by atoms with Crippen LogP contribution in [0.5, 0.6) is 0 Å². The summed E-state index contributed by atoms with van der Waals surface area (Å²) in [7, 11) is 0. The van der Waals surface area contributed by atoms with Crippen molar-refractivity contribution in [2.75, 3.05) is 6.61 Å². The molecule has 2 N–H and O–H groups in total. The second-order valence-corrected chi connectivity index (χ2v) is 5.77. The molecule has 0 aromatic heterocycles. The first kappa shape index (κ1) is 13.8. The van der Waals surface area contributed by atoms with Gasteiger partial charge in [-0.3, -0.25) is 5.32 Å². The second kappa shape index (κ2) is 6.06. The van der Waals surface area contributed by atoms with Crippen LogP contribution in [0.3, 0.4) is 0 Å². The van der Waals surface area contributed by atoms with Crippen LogP contribution in [0, 0.1) is 0 Å². The van der Waals surface area contributed by atoms with Crippen LogP contribution in [-0.4, -0.2) is 17.8 Å². The number of hydrogen-bond acceptors (Lipinski definition) is 3. The fraction of sp³-hybridized carbons (Fsp3) is 0.250. The third-order valence-corrected chi connectivity index (χ3v) is 3.98. The van der Waals surface area contributed by atoms with Crippen LogP contribution in [0.15, 0.2) is 59.1 Å². The summed E-state index contributed by atoms with van der Waals surface area (Å²) in [5.41, 5.74) is 2.13. The Morgan fingerprint density at radius 2 is 1.80 bits per heavy atom. The fourth-order valence-electron chi connectivity index (χ4n) is 2.51. The Morgan fingerprint density at radius 1 is 1.05 bits per heavy atom. The van der Waals surface area contributed by atoms with Crippen LogP contribution < -0.4 is 5.32 Å². The minimum absolute atomic E-state index is 0.0457. The van der Waals surface area contributed by atoms with Gasteiger partial charge in [0.25, 0.3) is 0 Å². The van der Waals surface area contributed by atoms with Gasteiger partial charge in [0, 0.05) is 4.47 Å². The highest BCUT2D eigenvalue weighted by Gasteiger charge is 2.35. The molecule has 104 valence electrons. The highest BCUT2D eigenvalue weighted by atomic mass is 79.9. The number of hydrogen-bond donors (Lipinski definition) is 2. The Kier molecular flexibility index (Phi) is 4.17. The molecule has 1 heterocycles. The first-order valence-corrected chi connectivity index (χ1v) is 7.40. The molecule has 0 aliphatic carbocycles. The van der Waals surface area contributed by atoms with Crippen LogP contribution in [-0.2, 0) is 4.74 Å². The Balaban J connectivity index is 1.84. The minimum atomic E-state index is -0.199. The lowest BCUT2D eigenvalue weighted by Gasteiger charge is -2.15. The van der Waals surface area contributed by atoms with E-state index < -0.39 is 0 Å². The molecule has 1 fully saturated rings. The minimum Gasteiger partial charge on any atom is -0.395 e. The summed E-state index contributed by atoms with van der Waals surface area (Å²) in [6.45, 7) is 0.0457. The first-order chi connectivity index (χ1) is 9.78. The molecule has 2 aromatic rings. The van der Waals surface area contributed by atoms with Gasteiger partial charge in [-0.2, -0.15) is 0 Å². The van der Waals surface area contributed by atoms with Crippen LogP contribution >= 0.6 is 15.9 Å². The molecule has 0 radical (unpaired) electrons. The lowest BCUT2D eigenvalue weighted by Crippen LogP contribution is -2.30. The molecule has 0 bridgehead atoms. The number of aliphatic hydroxyl groups excluding tert-OH is 1. The van der Waals surface area contributed by atoms with Crippen molar-refractivity contribution in [1.29, 1.82) is 0 Å². The predicted octanol–water partition coefficient (Wildman–Crippen LogP) is 3.17. The largest absolute Gasteiger partial charge is 0.395 e. The SMILES string of the molecule is OC[C@@H]1N[C@@H](c2cccc(Br)c2)OC1c1ccccc1. The summed E-state index contributed by atoms with van der Waals surface area (Å²) in [5, 5.41) is 12.9. The fourth-order valence-corrected chi connectivity index (χ4v) is 2.93. The number of rotatable bonds is 3. The zero-order chi connectivity index (χ0) is 13.9. The molecule has 3 nitrogen and oxygen atoms in total. The van der Waals surface area contributed by atoms with Gasteiger partial charge in [0.2, 0.25) is 0 Å². The third-order valence-electron chi connectivity index (χ3n) is 3.49. The van der Waals surface area contributed by atoms with E-state index in [2.05, 4.69) is 21.2 Å². The number of nitrogens with one attached hydrogen (secondary N) is 1. The van der Waals surface area contributed by atoms with Gasteiger partial charge in [-0.1, -0.05) is 58.4 Å². The molecular weight excluding hydrogens is 318 g/mol. The monoisotopic (exact) mass is 333 g/mol. The Morgan fingerprint density at radius 3 is 2.50 bits per heavy atom. The van der Waals surface area contributed by atoms with Crippen LogP contribution in [0.1, 0.15) is 23.5 Å². The van der Waals surface area contributed by atoms with Crippen molar-refractivity contribution in [3.63, 3.8) is 0 Å². The molecule has 2 aromatic carbocycles. The van der Waals surface area contributed by atoms with E-state index in [1.165, 1.54) is 0 Å². The number of benzene rings is 2. The Labute approximate surface area is 126 Å². The third kappa shape index (κ3) is 2.79. The van der Waals surface area contributed by atoms with Crippen molar-refractivity contribution in [1.82, 2.24) is 5.32 Å². The van der Waals surface area contributed by atoms with E-state index in [-0.39, 0.29) is 25.0 Å². The van der Waals surface area contributed by atoms with E-state index in [0.717, 1.165) is 15.6 Å². The first-order valence-electron chi connectivity index (χ1n) is 6.60. The molecule has 0 saturated carbocycles. The van der Waals surface area contributed by atoms with E-state index in [4.69, 9.17) is 4.74 Å². The lowest BCUT2D eigenvalue weighted by atomic mass is 10.0. The quantitative estimate of drug-likeness (QED) is 0.906. The summed E-state index contributed by atoms with van der Waals surface area (Å²) in [4.78, 5) is 0. The maximum absolute atomic E-state index is 9.57. The zero-order valence-corrected chi connectivity index (χ0v) is 12.5. The molecule has 0 spiro atoms. The van der Waals surface area contributed by atoms with Crippen LogP contribution in [0.4, 0.5) is 0 Å².